The fourth-order valence-electron chi connectivity index (χ4n) is 2.02. The van der Waals surface area contributed by atoms with Crippen molar-refractivity contribution in [2.45, 2.75) is 19.0 Å². The second-order valence-corrected chi connectivity index (χ2v) is 4.92. The maximum absolute atomic E-state index is 13.0. The van der Waals surface area contributed by atoms with E-state index in [0.29, 0.717) is 6.42 Å². The SMILES string of the molecule is CN(C)CCCNC(=O)C1(C(F)(F)F)CCNC1. The van der Waals surface area contributed by atoms with Gasteiger partial charge in [-0.3, -0.25) is 4.79 Å². The molecule has 0 aromatic rings. The van der Waals surface area contributed by atoms with Gasteiger partial charge in [-0.25, -0.2) is 0 Å². The van der Waals surface area contributed by atoms with E-state index in [0.717, 1.165) is 6.54 Å². The lowest BCUT2D eigenvalue weighted by Crippen LogP contribution is -2.52. The Morgan fingerprint density at radius 1 is 1.44 bits per heavy atom. The minimum absolute atomic E-state index is 0.185. The van der Waals surface area contributed by atoms with Crippen molar-refractivity contribution in [2.75, 3.05) is 40.3 Å². The lowest BCUT2D eigenvalue weighted by molar-refractivity contribution is -0.216. The molecule has 106 valence electrons. The van der Waals surface area contributed by atoms with Gasteiger partial charge in [0.05, 0.1) is 0 Å². The minimum atomic E-state index is -4.50. The van der Waals surface area contributed by atoms with Crippen LogP contribution in [0.4, 0.5) is 13.2 Å². The summed E-state index contributed by atoms with van der Waals surface area (Å²) >= 11 is 0. The van der Waals surface area contributed by atoms with Crippen LogP contribution in [0.25, 0.3) is 0 Å². The Labute approximate surface area is 105 Å². The molecule has 1 fully saturated rings. The van der Waals surface area contributed by atoms with Crippen molar-refractivity contribution in [3.05, 3.63) is 0 Å². The van der Waals surface area contributed by atoms with E-state index in [-0.39, 0.29) is 26.1 Å². The molecule has 1 atom stereocenters. The first-order valence-electron chi connectivity index (χ1n) is 6.00. The molecule has 1 heterocycles. The monoisotopic (exact) mass is 267 g/mol. The normalized spacial score (nSPS) is 24.6. The van der Waals surface area contributed by atoms with Gasteiger partial charge in [-0.05, 0) is 40.0 Å². The second kappa shape index (κ2) is 5.88. The third kappa shape index (κ3) is 3.35. The number of amides is 1. The average molecular weight is 267 g/mol. The van der Waals surface area contributed by atoms with Gasteiger partial charge in [0.25, 0.3) is 0 Å². The highest BCUT2D eigenvalue weighted by Gasteiger charge is 2.61. The van der Waals surface area contributed by atoms with Gasteiger partial charge in [-0.2, -0.15) is 13.2 Å². The number of rotatable bonds is 5. The lowest BCUT2D eigenvalue weighted by atomic mass is 9.85. The second-order valence-electron chi connectivity index (χ2n) is 4.92. The Balaban J connectivity index is 2.52. The zero-order valence-corrected chi connectivity index (χ0v) is 10.7. The molecule has 1 saturated heterocycles. The summed E-state index contributed by atoms with van der Waals surface area (Å²) in [5.41, 5.74) is -2.24. The highest BCUT2D eigenvalue weighted by Crippen LogP contribution is 2.43. The van der Waals surface area contributed by atoms with E-state index in [2.05, 4.69) is 10.6 Å². The van der Waals surface area contributed by atoms with Crippen LogP contribution in [0, 0.1) is 5.41 Å². The van der Waals surface area contributed by atoms with Crippen LogP contribution in [0.3, 0.4) is 0 Å². The number of hydrogen-bond donors (Lipinski definition) is 2. The first-order chi connectivity index (χ1) is 8.29. The molecule has 0 spiro atoms. The molecule has 18 heavy (non-hydrogen) atoms. The molecule has 1 amide bonds. The summed E-state index contributed by atoms with van der Waals surface area (Å²) in [4.78, 5) is 13.7. The van der Waals surface area contributed by atoms with Crippen molar-refractivity contribution in [3.8, 4) is 0 Å². The first kappa shape index (κ1) is 15.2. The van der Waals surface area contributed by atoms with Gasteiger partial charge in [-0.1, -0.05) is 0 Å². The number of halogens is 3. The van der Waals surface area contributed by atoms with E-state index < -0.39 is 17.5 Å². The van der Waals surface area contributed by atoms with Gasteiger partial charge in [0.1, 0.15) is 0 Å². The van der Waals surface area contributed by atoms with Gasteiger partial charge < -0.3 is 15.5 Å². The number of carbonyl (C=O) groups is 1. The number of alkyl halides is 3. The van der Waals surface area contributed by atoms with Gasteiger partial charge in [0, 0.05) is 13.1 Å². The molecule has 7 heteroatoms. The smallest absolute Gasteiger partial charge is 0.355 e. The molecular weight excluding hydrogens is 247 g/mol. The van der Waals surface area contributed by atoms with Crippen LogP contribution in [0.2, 0.25) is 0 Å². The molecule has 0 bridgehead atoms. The molecule has 1 unspecified atom stereocenters. The van der Waals surface area contributed by atoms with Gasteiger partial charge in [0.2, 0.25) is 5.91 Å². The average Bonchev–Trinajstić information content (AvgIpc) is 2.73. The van der Waals surface area contributed by atoms with Crippen molar-refractivity contribution < 1.29 is 18.0 Å². The van der Waals surface area contributed by atoms with Crippen molar-refractivity contribution in [3.63, 3.8) is 0 Å². The van der Waals surface area contributed by atoms with E-state index >= 15 is 0 Å². The Morgan fingerprint density at radius 3 is 2.56 bits per heavy atom. The Hall–Kier alpha value is -0.820. The van der Waals surface area contributed by atoms with E-state index in [1.807, 2.05) is 19.0 Å². The number of carbonyl (C=O) groups excluding carboxylic acids is 1. The lowest BCUT2D eigenvalue weighted by Gasteiger charge is -2.29. The van der Waals surface area contributed by atoms with E-state index in [1.165, 1.54) is 0 Å². The number of nitrogens with one attached hydrogen (secondary N) is 2. The predicted molar refractivity (Wildman–Crippen MR) is 62.2 cm³/mol. The number of nitrogens with zero attached hydrogens (tertiary/aromatic N) is 1. The van der Waals surface area contributed by atoms with E-state index in [1.54, 1.807) is 0 Å². The third-order valence-electron chi connectivity index (χ3n) is 3.20. The van der Waals surface area contributed by atoms with Gasteiger partial charge in [0.15, 0.2) is 5.41 Å². The predicted octanol–water partition coefficient (Wildman–Crippen LogP) is 0.596. The van der Waals surface area contributed by atoms with Crippen LogP contribution in [-0.2, 0) is 4.79 Å². The first-order valence-corrected chi connectivity index (χ1v) is 6.00. The van der Waals surface area contributed by atoms with Crippen LogP contribution in [-0.4, -0.2) is 57.3 Å². The van der Waals surface area contributed by atoms with Crippen LogP contribution in [0.5, 0.6) is 0 Å². The fourth-order valence-corrected chi connectivity index (χ4v) is 2.02. The zero-order chi connectivity index (χ0) is 13.8. The summed E-state index contributed by atoms with van der Waals surface area (Å²) in [6.45, 7) is 0.910. The van der Waals surface area contributed by atoms with Crippen LogP contribution >= 0.6 is 0 Å². The highest BCUT2D eigenvalue weighted by atomic mass is 19.4. The molecule has 1 aliphatic rings. The molecule has 1 rings (SSSR count). The Bertz CT molecular complexity index is 286. The zero-order valence-electron chi connectivity index (χ0n) is 10.7. The van der Waals surface area contributed by atoms with Gasteiger partial charge >= 0.3 is 6.18 Å². The third-order valence-corrected chi connectivity index (χ3v) is 3.20. The highest BCUT2D eigenvalue weighted by molar-refractivity contribution is 5.84. The van der Waals surface area contributed by atoms with Crippen LogP contribution in [0.1, 0.15) is 12.8 Å². The van der Waals surface area contributed by atoms with Crippen molar-refractivity contribution in [2.24, 2.45) is 5.41 Å². The Morgan fingerprint density at radius 2 is 2.11 bits per heavy atom. The molecule has 4 nitrogen and oxygen atoms in total. The van der Waals surface area contributed by atoms with Crippen molar-refractivity contribution in [1.82, 2.24) is 15.5 Å². The standard InChI is InChI=1S/C11H20F3N3O/c1-17(2)7-3-5-16-9(18)10(11(12,13)14)4-6-15-8-10/h15H,3-8H2,1-2H3,(H,16,18). The molecule has 2 N–H and O–H groups in total. The maximum atomic E-state index is 13.0. The van der Waals surface area contributed by atoms with E-state index in [9.17, 15) is 18.0 Å². The summed E-state index contributed by atoms with van der Waals surface area (Å²) in [5, 5.41) is 5.02. The minimum Gasteiger partial charge on any atom is -0.355 e. The summed E-state index contributed by atoms with van der Waals surface area (Å²) in [6, 6.07) is 0. The van der Waals surface area contributed by atoms with Crippen LogP contribution < -0.4 is 10.6 Å². The largest absolute Gasteiger partial charge is 0.404 e. The molecule has 0 aromatic heterocycles. The fraction of sp³-hybridized carbons (Fsp3) is 0.909. The van der Waals surface area contributed by atoms with Crippen molar-refractivity contribution in [1.29, 1.82) is 0 Å². The summed E-state index contributed by atoms with van der Waals surface area (Å²) in [6.07, 6.45) is -4.04. The quantitative estimate of drug-likeness (QED) is 0.717. The van der Waals surface area contributed by atoms with Crippen molar-refractivity contribution >= 4 is 5.91 Å². The molecule has 0 aromatic carbocycles. The summed E-state index contributed by atoms with van der Waals surface area (Å²) < 4.78 is 39.0. The maximum Gasteiger partial charge on any atom is 0.404 e. The Kier molecular flexibility index (Phi) is 4.98. The topological polar surface area (TPSA) is 44.4 Å². The molecule has 1 aliphatic heterocycles. The molecular formula is C11H20F3N3O. The summed E-state index contributed by atoms with van der Waals surface area (Å²) in [7, 11) is 3.75. The van der Waals surface area contributed by atoms with Crippen LogP contribution in [0.15, 0.2) is 0 Å². The van der Waals surface area contributed by atoms with E-state index in [4.69, 9.17) is 0 Å². The molecule has 0 saturated carbocycles. The number of hydrogen-bond acceptors (Lipinski definition) is 3. The van der Waals surface area contributed by atoms with Gasteiger partial charge in [-0.15, -0.1) is 0 Å². The molecule has 0 radical (unpaired) electrons. The molecule has 0 aliphatic carbocycles. The summed E-state index contributed by atoms with van der Waals surface area (Å²) in [5.74, 6) is -0.904.